The van der Waals surface area contributed by atoms with Gasteiger partial charge in [-0.15, -0.1) is 0 Å². The number of phenolic OH excluding ortho intramolecular Hbond substituents is 1. The van der Waals surface area contributed by atoms with Crippen LogP contribution in [0.2, 0.25) is 0 Å². The number of phenols is 2. The lowest BCUT2D eigenvalue weighted by Crippen LogP contribution is -2.11. The van der Waals surface area contributed by atoms with Gasteiger partial charge in [-0.05, 0) is 19.3 Å². The van der Waals surface area contributed by atoms with Gasteiger partial charge in [0.25, 0.3) is 0 Å². The van der Waals surface area contributed by atoms with E-state index in [2.05, 4.69) is 20.8 Å². The zero-order valence-corrected chi connectivity index (χ0v) is 26.4. The van der Waals surface area contributed by atoms with E-state index < -0.39 is 23.0 Å². The fourth-order valence-corrected chi connectivity index (χ4v) is 4.96. The molecule has 0 bridgehead atoms. The zero-order valence-electron chi connectivity index (χ0n) is 26.4. The van der Waals surface area contributed by atoms with Crippen molar-refractivity contribution in [1.82, 2.24) is 0 Å². The van der Waals surface area contributed by atoms with Crippen LogP contribution in [0, 0.1) is 0 Å². The van der Waals surface area contributed by atoms with Gasteiger partial charge in [0.1, 0.15) is 0 Å². The summed E-state index contributed by atoms with van der Waals surface area (Å²) in [6, 6.07) is 0. The third-order valence-electron chi connectivity index (χ3n) is 7.51. The molecule has 0 saturated carbocycles. The molecule has 3 N–H and O–H groups in total. The van der Waals surface area contributed by atoms with Crippen molar-refractivity contribution in [3.63, 3.8) is 0 Å². The molecule has 0 saturated heterocycles. The molecule has 41 heavy (non-hydrogen) atoms. The quantitative estimate of drug-likeness (QED) is 0.0668. The summed E-state index contributed by atoms with van der Waals surface area (Å²) in [7, 11) is 0. The van der Waals surface area contributed by atoms with Crippen molar-refractivity contribution in [2.75, 3.05) is 19.8 Å². The predicted molar refractivity (Wildman–Crippen MR) is 167 cm³/mol. The molecule has 0 unspecified atom stereocenters. The number of ether oxygens (including phenoxy) is 3. The fourth-order valence-electron chi connectivity index (χ4n) is 4.96. The molecule has 0 heterocycles. The molecule has 0 spiro atoms. The summed E-state index contributed by atoms with van der Waals surface area (Å²) in [5.74, 6) is -2.75. The van der Waals surface area contributed by atoms with E-state index in [1.807, 2.05) is 0 Å². The maximum absolute atomic E-state index is 12.2. The fraction of sp³-hybridized carbons (Fsp3) is 0.794. The van der Waals surface area contributed by atoms with Gasteiger partial charge in [-0.1, -0.05) is 136 Å². The Morgan fingerprint density at radius 1 is 0.463 bits per heavy atom. The Hall–Kier alpha value is -2.31. The van der Waals surface area contributed by atoms with Crippen LogP contribution in [-0.4, -0.2) is 41.1 Å². The molecule has 1 rings (SSSR count). The molecule has 0 fully saturated rings. The molecule has 0 aliphatic heterocycles. The van der Waals surface area contributed by atoms with Gasteiger partial charge in [0, 0.05) is 0 Å². The lowest BCUT2D eigenvalue weighted by atomic mass is 10.1. The average molecular weight is 581 g/mol. The van der Waals surface area contributed by atoms with Crippen molar-refractivity contribution in [3.8, 4) is 28.7 Å². The first kappa shape index (κ1) is 36.7. The largest absolute Gasteiger partial charge is 0.503 e. The second-order valence-corrected chi connectivity index (χ2v) is 11.3. The van der Waals surface area contributed by atoms with Gasteiger partial charge in [0.15, 0.2) is 17.1 Å². The maximum atomic E-state index is 12.2. The first-order valence-electron chi connectivity index (χ1n) is 16.7. The lowest BCUT2D eigenvalue weighted by Gasteiger charge is -2.21. The van der Waals surface area contributed by atoms with Crippen LogP contribution in [-0.2, 0) is 0 Å². The molecule has 0 aliphatic rings. The second-order valence-electron chi connectivity index (χ2n) is 11.3. The lowest BCUT2D eigenvalue weighted by molar-refractivity contribution is 0.0686. The molecule has 238 valence electrons. The van der Waals surface area contributed by atoms with Gasteiger partial charge in [-0.25, -0.2) is 4.79 Å². The molecule has 1 aromatic rings. The first-order valence-corrected chi connectivity index (χ1v) is 16.7. The number of hydrogen-bond acceptors (Lipinski definition) is 6. The summed E-state index contributed by atoms with van der Waals surface area (Å²) in [6.45, 7) is 7.57. The van der Waals surface area contributed by atoms with E-state index in [4.69, 9.17) is 14.2 Å². The van der Waals surface area contributed by atoms with E-state index in [9.17, 15) is 20.1 Å². The van der Waals surface area contributed by atoms with Crippen LogP contribution >= 0.6 is 0 Å². The molecule has 0 aromatic heterocycles. The number of carbonyl (C=O) groups is 1. The Bertz CT molecular complexity index is 809. The van der Waals surface area contributed by atoms with E-state index in [-0.39, 0.29) is 17.2 Å². The van der Waals surface area contributed by atoms with Crippen molar-refractivity contribution >= 4 is 5.97 Å². The number of hydrogen-bond donors (Lipinski definition) is 3. The van der Waals surface area contributed by atoms with Gasteiger partial charge in [-0.2, -0.15) is 0 Å². The first-order chi connectivity index (χ1) is 20.0. The average Bonchev–Trinajstić information content (AvgIpc) is 2.96. The van der Waals surface area contributed by atoms with Crippen molar-refractivity contribution in [2.24, 2.45) is 0 Å². The summed E-state index contributed by atoms with van der Waals surface area (Å²) < 4.78 is 18.0. The molecule has 7 nitrogen and oxygen atoms in total. The topological polar surface area (TPSA) is 105 Å². The van der Waals surface area contributed by atoms with Gasteiger partial charge >= 0.3 is 5.97 Å². The summed E-state index contributed by atoms with van der Waals surface area (Å²) in [5.41, 5.74) is -0.483. The number of benzene rings is 1. The van der Waals surface area contributed by atoms with Crippen LogP contribution in [0.5, 0.6) is 28.7 Å². The minimum absolute atomic E-state index is 0.0315. The van der Waals surface area contributed by atoms with Gasteiger partial charge < -0.3 is 29.5 Å². The summed E-state index contributed by atoms with van der Waals surface area (Å²) >= 11 is 0. The normalized spacial score (nSPS) is 11.1. The number of unbranched alkanes of at least 4 members (excludes halogenated alkanes) is 18. The molecule has 7 heteroatoms. The standard InChI is InChI=1S/C34H60O7/c1-4-7-10-13-16-19-22-25-39-31-28(34(37)38)29(35)30(36)32(40-26-23-20-17-14-11-8-5-2)33(31)41-27-24-21-18-15-12-9-6-3/h35-36H,4-27H2,1-3H3,(H,37,38). The van der Waals surface area contributed by atoms with Crippen LogP contribution in [0.25, 0.3) is 0 Å². The summed E-state index contributed by atoms with van der Waals surface area (Å²) in [4.78, 5) is 12.2. The summed E-state index contributed by atoms with van der Waals surface area (Å²) in [5, 5.41) is 31.4. The molecular formula is C34H60O7. The molecule has 0 amide bonds. The van der Waals surface area contributed by atoms with Crippen molar-refractivity contribution in [1.29, 1.82) is 0 Å². The third-order valence-corrected chi connectivity index (χ3v) is 7.51. The minimum atomic E-state index is -1.38. The van der Waals surface area contributed by atoms with E-state index in [1.54, 1.807) is 0 Å². The Morgan fingerprint density at radius 3 is 1.15 bits per heavy atom. The van der Waals surface area contributed by atoms with Gasteiger partial charge in [-0.3, -0.25) is 0 Å². The Morgan fingerprint density at radius 2 is 0.780 bits per heavy atom. The molecule has 1 aromatic carbocycles. The number of aromatic hydroxyl groups is 2. The van der Waals surface area contributed by atoms with E-state index in [0.717, 1.165) is 57.8 Å². The minimum Gasteiger partial charge on any atom is -0.503 e. The maximum Gasteiger partial charge on any atom is 0.343 e. The van der Waals surface area contributed by atoms with E-state index in [1.165, 1.54) is 77.0 Å². The Labute approximate surface area is 250 Å². The van der Waals surface area contributed by atoms with E-state index in [0.29, 0.717) is 19.8 Å². The Kier molecular flexibility index (Phi) is 21.8. The predicted octanol–water partition coefficient (Wildman–Crippen LogP) is 10.2. The molecule has 0 aliphatic carbocycles. The second kappa shape index (κ2) is 24.3. The number of rotatable bonds is 28. The van der Waals surface area contributed by atoms with E-state index >= 15 is 0 Å². The highest BCUT2D eigenvalue weighted by atomic mass is 16.5. The van der Waals surface area contributed by atoms with Crippen LogP contribution < -0.4 is 14.2 Å². The smallest absolute Gasteiger partial charge is 0.343 e. The highest BCUT2D eigenvalue weighted by molar-refractivity contribution is 5.97. The Balaban J connectivity index is 2.95. The van der Waals surface area contributed by atoms with Crippen LogP contribution in [0.3, 0.4) is 0 Å². The van der Waals surface area contributed by atoms with Crippen molar-refractivity contribution in [2.45, 2.75) is 156 Å². The number of carboxylic acids is 1. The molecular weight excluding hydrogens is 520 g/mol. The number of aromatic carboxylic acids is 1. The van der Waals surface area contributed by atoms with Crippen LogP contribution in [0.15, 0.2) is 0 Å². The highest BCUT2D eigenvalue weighted by Gasteiger charge is 2.31. The van der Waals surface area contributed by atoms with Crippen LogP contribution in [0.4, 0.5) is 0 Å². The zero-order chi connectivity index (χ0) is 30.1. The SMILES string of the molecule is CCCCCCCCCOc1c(O)c(O)c(C(=O)O)c(OCCCCCCCCC)c1OCCCCCCCCC. The third kappa shape index (κ3) is 15.5. The van der Waals surface area contributed by atoms with Crippen LogP contribution in [0.1, 0.15) is 166 Å². The monoisotopic (exact) mass is 580 g/mol. The van der Waals surface area contributed by atoms with Crippen molar-refractivity contribution < 1.29 is 34.3 Å². The highest BCUT2D eigenvalue weighted by Crippen LogP contribution is 2.53. The molecule has 0 atom stereocenters. The van der Waals surface area contributed by atoms with Gasteiger partial charge in [0.2, 0.25) is 17.2 Å². The summed E-state index contributed by atoms with van der Waals surface area (Å²) in [6.07, 6.45) is 23.3. The van der Waals surface area contributed by atoms with Crippen molar-refractivity contribution in [3.05, 3.63) is 5.56 Å². The number of carboxylic acid groups (broad SMARTS) is 1. The molecule has 0 radical (unpaired) electrons. The van der Waals surface area contributed by atoms with Gasteiger partial charge in [0.05, 0.1) is 19.8 Å².